The van der Waals surface area contributed by atoms with Crippen LogP contribution in [0.15, 0.2) is 42.6 Å². The Morgan fingerprint density at radius 3 is 2.48 bits per heavy atom. The number of rotatable bonds is 11. The lowest BCUT2D eigenvalue weighted by atomic mass is 10.1. The molecule has 31 heavy (non-hydrogen) atoms. The van der Waals surface area contributed by atoms with Crippen LogP contribution in [0, 0.1) is 5.92 Å². The zero-order chi connectivity index (χ0) is 22.8. The molecule has 0 atom stereocenters. The number of nitrogens with zero attached hydrogens (tertiary/aromatic N) is 3. The number of amides is 3. The number of methoxy groups -OCH3 is 1. The molecule has 0 bridgehead atoms. The van der Waals surface area contributed by atoms with Gasteiger partial charge < -0.3 is 24.4 Å². The van der Waals surface area contributed by atoms with Crippen LogP contribution in [-0.4, -0.2) is 59.7 Å². The first-order valence-electron chi connectivity index (χ1n) is 10.9. The number of anilines is 1. The number of carbonyl (C=O) groups excluding carboxylic acids is 2. The van der Waals surface area contributed by atoms with Crippen molar-refractivity contribution in [2.45, 2.75) is 33.7 Å². The Balaban J connectivity index is 2.14. The molecule has 0 unspecified atom stereocenters. The summed E-state index contributed by atoms with van der Waals surface area (Å²) >= 11 is 0. The van der Waals surface area contributed by atoms with Crippen LogP contribution in [0.5, 0.6) is 0 Å². The fraction of sp³-hybridized carbons (Fsp3) is 0.500. The maximum Gasteiger partial charge on any atom is 0.322 e. The van der Waals surface area contributed by atoms with E-state index in [-0.39, 0.29) is 24.4 Å². The highest BCUT2D eigenvalue weighted by Crippen LogP contribution is 2.17. The standard InChI is InChI=1S/C24H36N4O3/c1-6-20-10-7-8-12-22(20)25-24(30)28(16-19(2)3)18-23(29)27(14-15-31-5)17-21-11-9-13-26(21)4/h7-13,19H,6,14-18H2,1-5H3,(H,25,30). The van der Waals surface area contributed by atoms with E-state index in [2.05, 4.69) is 12.2 Å². The molecule has 1 aromatic carbocycles. The van der Waals surface area contributed by atoms with Crippen molar-refractivity contribution < 1.29 is 14.3 Å². The quantitative estimate of drug-likeness (QED) is 0.593. The second-order valence-corrected chi connectivity index (χ2v) is 8.13. The van der Waals surface area contributed by atoms with Crippen molar-refractivity contribution in [1.82, 2.24) is 14.4 Å². The number of benzene rings is 1. The molecule has 0 radical (unpaired) electrons. The van der Waals surface area contributed by atoms with Gasteiger partial charge in [-0.05, 0) is 36.1 Å². The Hall–Kier alpha value is -2.80. The summed E-state index contributed by atoms with van der Waals surface area (Å²) in [5.74, 6) is 0.137. The zero-order valence-electron chi connectivity index (χ0n) is 19.4. The molecular formula is C24H36N4O3. The van der Waals surface area contributed by atoms with Crippen molar-refractivity contribution in [2.24, 2.45) is 13.0 Å². The predicted molar refractivity (Wildman–Crippen MR) is 124 cm³/mol. The Morgan fingerprint density at radius 2 is 1.87 bits per heavy atom. The Bertz CT molecular complexity index is 847. The summed E-state index contributed by atoms with van der Waals surface area (Å²) in [6.45, 7) is 8.03. The van der Waals surface area contributed by atoms with Crippen molar-refractivity contribution in [3.05, 3.63) is 53.9 Å². The predicted octanol–water partition coefficient (Wildman–Crippen LogP) is 3.75. The van der Waals surface area contributed by atoms with E-state index in [1.807, 2.05) is 68.1 Å². The molecule has 0 aliphatic rings. The fourth-order valence-corrected chi connectivity index (χ4v) is 3.42. The second kappa shape index (κ2) is 12.2. The smallest absolute Gasteiger partial charge is 0.322 e. The number of aryl methyl sites for hydroxylation is 2. The van der Waals surface area contributed by atoms with Crippen molar-refractivity contribution >= 4 is 17.6 Å². The molecule has 2 rings (SSSR count). The molecule has 1 aromatic heterocycles. The van der Waals surface area contributed by atoms with Gasteiger partial charge in [0.05, 0.1) is 13.2 Å². The van der Waals surface area contributed by atoms with E-state index in [1.54, 1.807) is 16.9 Å². The molecule has 0 saturated heterocycles. The highest BCUT2D eigenvalue weighted by Gasteiger charge is 2.23. The molecule has 1 N–H and O–H groups in total. The number of ether oxygens (including phenoxy) is 1. The first-order valence-corrected chi connectivity index (χ1v) is 10.9. The van der Waals surface area contributed by atoms with Gasteiger partial charge >= 0.3 is 6.03 Å². The number of carbonyl (C=O) groups is 2. The first kappa shape index (κ1) is 24.5. The van der Waals surface area contributed by atoms with Crippen LogP contribution in [0.25, 0.3) is 0 Å². The van der Waals surface area contributed by atoms with E-state index in [1.165, 1.54) is 0 Å². The van der Waals surface area contributed by atoms with E-state index >= 15 is 0 Å². The van der Waals surface area contributed by atoms with Gasteiger partial charge in [-0.1, -0.05) is 39.0 Å². The SMILES string of the molecule is CCc1ccccc1NC(=O)N(CC(=O)N(CCOC)Cc1cccn1C)CC(C)C. The third-order valence-electron chi connectivity index (χ3n) is 5.16. The van der Waals surface area contributed by atoms with E-state index in [9.17, 15) is 9.59 Å². The van der Waals surface area contributed by atoms with Crippen LogP contribution in [0.1, 0.15) is 32.0 Å². The van der Waals surface area contributed by atoms with Crippen LogP contribution in [0.3, 0.4) is 0 Å². The summed E-state index contributed by atoms with van der Waals surface area (Å²) < 4.78 is 7.19. The van der Waals surface area contributed by atoms with Crippen LogP contribution < -0.4 is 5.32 Å². The van der Waals surface area contributed by atoms with Gasteiger partial charge in [0.2, 0.25) is 5.91 Å². The number of hydrogen-bond acceptors (Lipinski definition) is 3. The molecule has 0 saturated carbocycles. The molecule has 0 aliphatic carbocycles. The van der Waals surface area contributed by atoms with Gasteiger partial charge in [-0.15, -0.1) is 0 Å². The average molecular weight is 429 g/mol. The third-order valence-corrected chi connectivity index (χ3v) is 5.16. The van der Waals surface area contributed by atoms with Crippen molar-refractivity contribution in [2.75, 3.05) is 38.7 Å². The summed E-state index contributed by atoms with van der Waals surface area (Å²) in [7, 11) is 3.58. The molecule has 1 heterocycles. The number of aromatic nitrogens is 1. The van der Waals surface area contributed by atoms with Gasteiger partial charge in [0, 0.05) is 44.8 Å². The van der Waals surface area contributed by atoms with Crippen LogP contribution in [-0.2, 0) is 29.5 Å². The van der Waals surface area contributed by atoms with Gasteiger partial charge in [0.25, 0.3) is 0 Å². The number of para-hydroxylation sites is 1. The topological polar surface area (TPSA) is 66.8 Å². The minimum atomic E-state index is -0.256. The fourth-order valence-electron chi connectivity index (χ4n) is 3.42. The summed E-state index contributed by atoms with van der Waals surface area (Å²) in [6.07, 6.45) is 2.78. The molecule has 0 fully saturated rings. The lowest BCUT2D eigenvalue weighted by molar-refractivity contribution is -0.133. The van der Waals surface area contributed by atoms with Crippen molar-refractivity contribution in [3.63, 3.8) is 0 Å². The molecule has 7 heteroatoms. The van der Waals surface area contributed by atoms with Crippen LogP contribution in [0.2, 0.25) is 0 Å². The highest BCUT2D eigenvalue weighted by atomic mass is 16.5. The minimum Gasteiger partial charge on any atom is -0.383 e. The van der Waals surface area contributed by atoms with Gasteiger partial charge in [-0.25, -0.2) is 4.79 Å². The Morgan fingerprint density at radius 1 is 1.13 bits per heavy atom. The van der Waals surface area contributed by atoms with E-state index < -0.39 is 0 Å². The van der Waals surface area contributed by atoms with Crippen molar-refractivity contribution in [3.8, 4) is 0 Å². The lowest BCUT2D eigenvalue weighted by Crippen LogP contribution is -2.46. The van der Waals surface area contributed by atoms with Gasteiger partial charge in [-0.3, -0.25) is 4.79 Å². The van der Waals surface area contributed by atoms with Gasteiger partial charge in [0.1, 0.15) is 6.54 Å². The molecule has 7 nitrogen and oxygen atoms in total. The van der Waals surface area contributed by atoms with Gasteiger partial charge in [-0.2, -0.15) is 0 Å². The molecule has 170 valence electrons. The lowest BCUT2D eigenvalue weighted by Gasteiger charge is -2.29. The zero-order valence-corrected chi connectivity index (χ0v) is 19.4. The third kappa shape index (κ3) is 7.43. The highest BCUT2D eigenvalue weighted by molar-refractivity contribution is 5.93. The van der Waals surface area contributed by atoms with E-state index in [0.717, 1.165) is 23.4 Å². The number of hydrogen-bond donors (Lipinski definition) is 1. The average Bonchev–Trinajstić information content (AvgIpc) is 3.14. The molecule has 2 aromatic rings. The van der Waals surface area contributed by atoms with Crippen LogP contribution in [0.4, 0.5) is 10.5 Å². The summed E-state index contributed by atoms with van der Waals surface area (Å²) in [5, 5.41) is 3.00. The maximum absolute atomic E-state index is 13.2. The first-order chi connectivity index (χ1) is 14.8. The number of urea groups is 1. The monoisotopic (exact) mass is 428 g/mol. The summed E-state index contributed by atoms with van der Waals surface area (Å²) in [4.78, 5) is 29.6. The van der Waals surface area contributed by atoms with Crippen LogP contribution >= 0.6 is 0 Å². The number of nitrogens with one attached hydrogen (secondary N) is 1. The maximum atomic E-state index is 13.2. The van der Waals surface area contributed by atoms with E-state index in [4.69, 9.17) is 4.74 Å². The van der Waals surface area contributed by atoms with E-state index in [0.29, 0.717) is 26.2 Å². The van der Waals surface area contributed by atoms with Gasteiger partial charge in [0.15, 0.2) is 0 Å². The Labute approximate surface area is 186 Å². The minimum absolute atomic E-state index is 0.0203. The largest absolute Gasteiger partial charge is 0.383 e. The molecule has 0 spiro atoms. The van der Waals surface area contributed by atoms with Crippen molar-refractivity contribution in [1.29, 1.82) is 0 Å². The molecule has 0 aliphatic heterocycles. The Kier molecular flexibility index (Phi) is 9.59. The normalized spacial score (nSPS) is 10.9. The summed E-state index contributed by atoms with van der Waals surface area (Å²) in [5.41, 5.74) is 2.88. The molecule has 3 amide bonds. The molecular weight excluding hydrogens is 392 g/mol. The second-order valence-electron chi connectivity index (χ2n) is 8.13. The summed E-state index contributed by atoms with van der Waals surface area (Å²) in [6, 6.07) is 11.5.